The van der Waals surface area contributed by atoms with Crippen LogP contribution < -0.4 is 5.32 Å². The van der Waals surface area contributed by atoms with Crippen molar-refractivity contribution in [3.05, 3.63) is 18.1 Å². The predicted octanol–water partition coefficient (Wildman–Crippen LogP) is 2.15. The molecule has 0 amide bonds. The molecule has 17 heavy (non-hydrogen) atoms. The van der Waals surface area contributed by atoms with E-state index in [-0.39, 0.29) is 0 Å². The van der Waals surface area contributed by atoms with E-state index in [9.17, 15) is 5.11 Å². The van der Waals surface area contributed by atoms with Gasteiger partial charge in [0.2, 0.25) is 0 Å². The maximum absolute atomic E-state index is 10.4. The lowest BCUT2D eigenvalue weighted by atomic mass is 9.85. The van der Waals surface area contributed by atoms with E-state index in [1.165, 1.54) is 6.42 Å². The Morgan fingerprint density at radius 2 is 2.06 bits per heavy atom. The lowest BCUT2D eigenvalue weighted by Crippen LogP contribution is -2.38. The van der Waals surface area contributed by atoms with Crippen LogP contribution in [0.4, 0.5) is 5.82 Å². The minimum absolute atomic E-state index is 0.546. The summed E-state index contributed by atoms with van der Waals surface area (Å²) in [6.07, 6.45) is 7.77. The van der Waals surface area contributed by atoms with Crippen LogP contribution in [0.5, 0.6) is 0 Å². The van der Waals surface area contributed by atoms with Crippen LogP contribution in [0.1, 0.15) is 44.7 Å². The molecule has 0 aromatic carbocycles. The summed E-state index contributed by atoms with van der Waals surface area (Å²) >= 11 is 0. The molecule has 4 nitrogen and oxygen atoms in total. The summed E-state index contributed by atoms with van der Waals surface area (Å²) < 4.78 is 0. The van der Waals surface area contributed by atoms with Gasteiger partial charge < -0.3 is 10.4 Å². The fourth-order valence-electron chi connectivity index (χ4n) is 2.33. The predicted molar refractivity (Wildman–Crippen MR) is 67.9 cm³/mol. The standard InChI is InChI=1S/C13H21N3O/c1-2-11-8-12(16-10-15-11)14-9-13(17)6-4-3-5-7-13/h8,10,17H,2-7,9H2,1H3,(H,14,15,16). The monoisotopic (exact) mass is 235 g/mol. The normalized spacial score (nSPS) is 18.9. The molecule has 0 atom stereocenters. The van der Waals surface area contributed by atoms with Gasteiger partial charge in [-0.05, 0) is 19.3 Å². The second-order valence-electron chi connectivity index (χ2n) is 4.89. The molecule has 0 saturated heterocycles. The SMILES string of the molecule is CCc1cc(NCC2(O)CCCCC2)ncn1. The first kappa shape index (κ1) is 12.3. The smallest absolute Gasteiger partial charge is 0.129 e. The molecule has 94 valence electrons. The van der Waals surface area contributed by atoms with Crippen molar-refractivity contribution < 1.29 is 5.11 Å². The van der Waals surface area contributed by atoms with Crippen molar-refractivity contribution >= 4 is 5.82 Å². The summed E-state index contributed by atoms with van der Waals surface area (Å²) in [5.74, 6) is 0.816. The van der Waals surface area contributed by atoms with Crippen LogP contribution in [0.25, 0.3) is 0 Å². The van der Waals surface area contributed by atoms with Gasteiger partial charge in [-0.1, -0.05) is 26.2 Å². The van der Waals surface area contributed by atoms with Crippen molar-refractivity contribution in [2.24, 2.45) is 0 Å². The Hall–Kier alpha value is -1.16. The number of nitrogens with one attached hydrogen (secondary N) is 1. The Morgan fingerprint density at radius 1 is 1.29 bits per heavy atom. The van der Waals surface area contributed by atoms with Crippen LogP contribution in [-0.2, 0) is 6.42 Å². The number of aromatic nitrogens is 2. The zero-order valence-electron chi connectivity index (χ0n) is 10.4. The highest BCUT2D eigenvalue weighted by Gasteiger charge is 2.28. The zero-order valence-corrected chi connectivity index (χ0v) is 10.4. The maximum Gasteiger partial charge on any atom is 0.129 e. The number of hydrogen-bond acceptors (Lipinski definition) is 4. The summed E-state index contributed by atoms with van der Waals surface area (Å²) in [7, 11) is 0. The van der Waals surface area contributed by atoms with E-state index in [4.69, 9.17) is 0 Å². The van der Waals surface area contributed by atoms with Gasteiger partial charge in [-0.25, -0.2) is 9.97 Å². The third-order valence-electron chi connectivity index (χ3n) is 3.47. The molecule has 2 N–H and O–H groups in total. The molecule has 4 heteroatoms. The summed E-state index contributed by atoms with van der Waals surface area (Å²) in [4.78, 5) is 8.33. The Labute approximate surface area is 102 Å². The van der Waals surface area contributed by atoms with Gasteiger partial charge in [-0.15, -0.1) is 0 Å². The second-order valence-corrected chi connectivity index (χ2v) is 4.89. The van der Waals surface area contributed by atoms with Gasteiger partial charge in [-0.2, -0.15) is 0 Å². The van der Waals surface area contributed by atoms with Crippen molar-refractivity contribution in [1.29, 1.82) is 0 Å². The average molecular weight is 235 g/mol. The van der Waals surface area contributed by atoms with Gasteiger partial charge in [0.1, 0.15) is 12.1 Å². The molecule has 2 rings (SSSR count). The fraction of sp³-hybridized carbons (Fsp3) is 0.692. The number of hydrogen-bond donors (Lipinski definition) is 2. The van der Waals surface area contributed by atoms with E-state index in [0.29, 0.717) is 6.54 Å². The van der Waals surface area contributed by atoms with Crippen molar-refractivity contribution in [3.63, 3.8) is 0 Å². The van der Waals surface area contributed by atoms with Gasteiger partial charge in [-0.3, -0.25) is 0 Å². The van der Waals surface area contributed by atoms with Crippen molar-refractivity contribution in [3.8, 4) is 0 Å². The van der Waals surface area contributed by atoms with Gasteiger partial charge >= 0.3 is 0 Å². The van der Waals surface area contributed by atoms with E-state index in [1.54, 1.807) is 6.33 Å². The summed E-state index contributed by atoms with van der Waals surface area (Å²) in [6.45, 7) is 2.66. The number of anilines is 1. The third kappa shape index (κ3) is 3.40. The lowest BCUT2D eigenvalue weighted by molar-refractivity contribution is 0.0166. The molecule has 0 aliphatic heterocycles. The molecule has 0 unspecified atom stereocenters. The maximum atomic E-state index is 10.4. The van der Waals surface area contributed by atoms with Crippen molar-refractivity contribution in [2.45, 2.75) is 51.0 Å². The van der Waals surface area contributed by atoms with Crippen molar-refractivity contribution in [2.75, 3.05) is 11.9 Å². The molecular formula is C13H21N3O. The first-order chi connectivity index (χ1) is 8.22. The van der Waals surface area contributed by atoms with Crippen LogP contribution in [0, 0.1) is 0 Å². The molecule has 1 aromatic rings. The Morgan fingerprint density at radius 3 is 2.76 bits per heavy atom. The third-order valence-corrected chi connectivity index (χ3v) is 3.47. The topological polar surface area (TPSA) is 58.0 Å². The van der Waals surface area contributed by atoms with Crippen LogP contribution in [0.2, 0.25) is 0 Å². The molecule has 1 fully saturated rings. The summed E-state index contributed by atoms with van der Waals surface area (Å²) in [5, 5.41) is 13.6. The van der Waals surface area contributed by atoms with E-state index >= 15 is 0 Å². The van der Waals surface area contributed by atoms with E-state index in [0.717, 1.165) is 43.6 Å². The summed E-state index contributed by atoms with van der Waals surface area (Å²) in [5.41, 5.74) is 0.480. The molecular weight excluding hydrogens is 214 g/mol. The largest absolute Gasteiger partial charge is 0.388 e. The molecule has 0 radical (unpaired) electrons. The Bertz CT molecular complexity index is 361. The number of rotatable bonds is 4. The first-order valence-electron chi connectivity index (χ1n) is 6.49. The van der Waals surface area contributed by atoms with Gasteiger partial charge in [0.25, 0.3) is 0 Å². The number of aliphatic hydroxyl groups is 1. The van der Waals surface area contributed by atoms with E-state index in [2.05, 4.69) is 22.2 Å². The second kappa shape index (κ2) is 5.45. The van der Waals surface area contributed by atoms with Crippen LogP contribution in [0.15, 0.2) is 12.4 Å². The van der Waals surface area contributed by atoms with E-state index < -0.39 is 5.60 Å². The highest BCUT2D eigenvalue weighted by Crippen LogP contribution is 2.28. The quantitative estimate of drug-likeness (QED) is 0.839. The number of nitrogens with zero attached hydrogens (tertiary/aromatic N) is 2. The minimum Gasteiger partial charge on any atom is -0.388 e. The first-order valence-corrected chi connectivity index (χ1v) is 6.49. The average Bonchev–Trinajstić information content (AvgIpc) is 2.38. The van der Waals surface area contributed by atoms with Crippen LogP contribution in [-0.4, -0.2) is 27.2 Å². The van der Waals surface area contributed by atoms with Crippen LogP contribution in [0.3, 0.4) is 0 Å². The lowest BCUT2D eigenvalue weighted by Gasteiger charge is -2.32. The van der Waals surface area contributed by atoms with Crippen molar-refractivity contribution in [1.82, 2.24) is 9.97 Å². The molecule has 1 saturated carbocycles. The molecule has 1 aliphatic rings. The molecule has 1 aliphatic carbocycles. The van der Waals surface area contributed by atoms with E-state index in [1.807, 2.05) is 6.07 Å². The summed E-state index contributed by atoms with van der Waals surface area (Å²) in [6, 6.07) is 1.95. The number of aryl methyl sites for hydroxylation is 1. The Balaban J connectivity index is 1.92. The molecule has 1 heterocycles. The van der Waals surface area contributed by atoms with Gasteiger partial charge in [0.15, 0.2) is 0 Å². The zero-order chi connectivity index (χ0) is 12.1. The molecule has 0 spiro atoms. The van der Waals surface area contributed by atoms with Gasteiger partial charge in [0, 0.05) is 18.3 Å². The molecule has 1 aromatic heterocycles. The van der Waals surface area contributed by atoms with Crippen LogP contribution >= 0.6 is 0 Å². The molecule has 0 bridgehead atoms. The van der Waals surface area contributed by atoms with Gasteiger partial charge in [0.05, 0.1) is 5.60 Å². The minimum atomic E-state index is -0.546. The highest BCUT2D eigenvalue weighted by atomic mass is 16.3. The fourth-order valence-corrected chi connectivity index (χ4v) is 2.33. The highest BCUT2D eigenvalue weighted by molar-refractivity contribution is 5.35. The Kier molecular flexibility index (Phi) is 3.94.